The average molecular weight is 458 g/mol. The molecule has 6 rings (SSSR count). The van der Waals surface area contributed by atoms with Crippen molar-refractivity contribution < 1.29 is 9.53 Å². The smallest absolute Gasteiger partial charge is 0.167 e. The van der Waals surface area contributed by atoms with E-state index in [1.54, 1.807) is 0 Å². The lowest BCUT2D eigenvalue weighted by molar-refractivity contribution is 0.0921. The molecule has 0 aliphatic carbocycles. The standard InChI is InChI=1S/C27H24ClN3O2/c28-20-10-11-25-23(15-20)29-27(22-8-4-5-9-24(22)33-25)31-13-12-30-16-19(14-21(30)17-31)26(32)18-6-2-1-3-7-18/h1-11,15,19,21H,12-14,16-17H2/t19-,21+/m1/s1. The number of piperazine rings is 1. The summed E-state index contributed by atoms with van der Waals surface area (Å²) in [5.74, 6) is 2.71. The third kappa shape index (κ3) is 3.81. The van der Waals surface area contributed by atoms with Gasteiger partial charge in [0.1, 0.15) is 17.3 Å². The fraction of sp³-hybridized carbons (Fsp3) is 0.259. The molecule has 2 saturated heterocycles. The van der Waals surface area contributed by atoms with Crippen molar-refractivity contribution in [1.29, 1.82) is 0 Å². The minimum atomic E-state index is 0.0450. The number of ether oxygens (including phenoxy) is 1. The first-order valence-electron chi connectivity index (χ1n) is 11.4. The van der Waals surface area contributed by atoms with E-state index < -0.39 is 0 Å². The maximum Gasteiger partial charge on any atom is 0.167 e. The third-order valence-corrected chi connectivity index (χ3v) is 7.08. The fourth-order valence-electron chi connectivity index (χ4n) is 5.20. The van der Waals surface area contributed by atoms with E-state index in [9.17, 15) is 4.79 Å². The quantitative estimate of drug-likeness (QED) is 0.482. The van der Waals surface area contributed by atoms with E-state index in [1.165, 1.54) is 0 Å². The van der Waals surface area contributed by atoms with Crippen LogP contribution in [0.25, 0.3) is 0 Å². The highest BCUT2D eigenvalue weighted by Crippen LogP contribution is 2.40. The van der Waals surface area contributed by atoms with Crippen LogP contribution in [0.5, 0.6) is 11.5 Å². The summed E-state index contributed by atoms with van der Waals surface area (Å²) >= 11 is 6.27. The molecule has 0 N–H and O–H groups in total. The van der Waals surface area contributed by atoms with Crippen LogP contribution >= 0.6 is 11.6 Å². The zero-order valence-corrected chi connectivity index (χ0v) is 18.9. The van der Waals surface area contributed by atoms with Gasteiger partial charge in [-0.15, -0.1) is 0 Å². The molecular formula is C27H24ClN3O2. The number of fused-ring (bicyclic) bond motifs is 3. The van der Waals surface area contributed by atoms with Gasteiger partial charge in [0.25, 0.3) is 0 Å². The van der Waals surface area contributed by atoms with Crippen LogP contribution in [0.15, 0.2) is 77.8 Å². The van der Waals surface area contributed by atoms with Crippen molar-refractivity contribution >= 4 is 28.9 Å². The van der Waals surface area contributed by atoms with Crippen molar-refractivity contribution in [2.75, 3.05) is 26.2 Å². The number of Topliss-reactive ketones (excluding diaryl/α,β-unsaturated/α-hetero) is 1. The number of carbonyl (C=O) groups is 1. The first kappa shape index (κ1) is 20.5. The Balaban J connectivity index is 1.28. The summed E-state index contributed by atoms with van der Waals surface area (Å²) in [6.07, 6.45) is 0.873. The zero-order valence-electron chi connectivity index (χ0n) is 18.2. The summed E-state index contributed by atoms with van der Waals surface area (Å²) in [6.45, 7) is 3.43. The van der Waals surface area contributed by atoms with Crippen molar-refractivity contribution in [3.8, 4) is 11.5 Å². The summed E-state index contributed by atoms with van der Waals surface area (Å²) in [7, 11) is 0. The van der Waals surface area contributed by atoms with Gasteiger partial charge in [-0.25, -0.2) is 4.99 Å². The molecule has 0 bridgehead atoms. The largest absolute Gasteiger partial charge is 0.454 e. The van der Waals surface area contributed by atoms with Gasteiger partial charge >= 0.3 is 0 Å². The first-order chi connectivity index (χ1) is 16.2. The minimum Gasteiger partial charge on any atom is -0.454 e. The van der Waals surface area contributed by atoms with Crippen LogP contribution in [0.4, 0.5) is 5.69 Å². The molecule has 166 valence electrons. The number of carbonyl (C=O) groups excluding carboxylic acids is 1. The van der Waals surface area contributed by atoms with Crippen molar-refractivity contribution in [2.45, 2.75) is 12.5 Å². The van der Waals surface area contributed by atoms with Gasteiger partial charge < -0.3 is 9.64 Å². The summed E-state index contributed by atoms with van der Waals surface area (Å²) in [6, 6.07) is 23.6. The number of hydrogen-bond donors (Lipinski definition) is 0. The van der Waals surface area contributed by atoms with E-state index in [1.807, 2.05) is 66.7 Å². The Morgan fingerprint density at radius 3 is 2.64 bits per heavy atom. The third-order valence-electron chi connectivity index (χ3n) is 6.84. The highest BCUT2D eigenvalue weighted by Gasteiger charge is 2.40. The lowest BCUT2D eigenvalue weighted by Crippen LogP contribution is -2.52. The maximum absolute atomic E-state index is 13.1. The minimum absolute atomic E-state index is 0.0450. The van der Waals surface area contributed by atoms with E-state index in [2.05, 4.69) is 15.9 Å². The molecule has 2 atom stereocenters. The molecule has 0 saturated carbocycles. The second-order valence-corrected chi connectivity index (χ2v) is 9.34. The van der Waals surface area contributed by atoms with Gasteiger partial charge in [-0.05, 0) is 36.8 Å². The van der Waals surface area contributed by atoms with E-state index in [4.69, 9.17) is 21.3 Å². The second-order valence-electron chi connectivity index (χ2n) is 8.90. The lowest BCUT2D eigenvalue weighted by Gasteiger charge is -2.39. The molecule has 0 spiro atoms. The number of benzene rings is 3. The molecule has 0 unspecified atom stereocenters. The average Bonchev–Trinajstić information content (AvgIpc) is 3.20. The summed E-state index contributed by atoms with van der Waals surface area (Å²) < 4.78 is 6.21. The number of amidine groups is 1. The summed E-state index contributed by atoms with van der Waals surface area (Å²) in [5.41, 5.74) is 2.53. The van der Waals surface area contributed by atoms with Crippen molar-refractivity contribution in [3.63, 3.8) is 0 Å². The van der Waals surface area contributed by atoms with E-state index >= 15 is 0 Å². The highest BCUT2D eigenvalue weighted by molar-refractivity contribution is 6.31. The fourth-order valence-corrected chi connectivity index (χ4v) is 5.37. The van der Waals surface area contributed by atoms with Crippen LogP contribution < -0.4 is 4.74 Å². The SMILES string of the molecule is O=C(c1ccccc1)[C@@H]1C[C@H]2CN(C3=Nc4cc(Cl)ccc4Oc4ccccc43)CCN2C1. The van der Waals surface area contributed by atoms with Crippen LogP contribution in [0.3, 0.4) is 0 Å². The van der Waals surface area contributed by atoms with E-state index in [-0.39, 0.29) is 11.7 Å². The number of halogens is 1. The van der Waals surface area contributed by atoms with Gasteiger partial charge in [-0.2, -0.15) is 0 Å². The number of rotatable bonds is 2. The molecule has 2 fully saturated rings. The molecule has 3 aliphatic heterocycles. The van der Waals surface area contributed by atoms with Crippen molar-refractivity contribution in [3.05, 3.63) is 88.9 Å². The van der Waals surface area contributed by atoms with Gasteiger partial charge in [-0.1, -0.05) is 54.1 Å². The van der Waals surface area contributed by atoms with Gasteiger partial charge in [0.2, 0.25) is 0 Å². The molecule has 3 heterocycles. The predicted molar refractivity (Wildman–Crippen MR) is 130 cm³/mol. The molecule has 33 heavy (non-hydrogen) atoms. The molecule has 0 radical (unpaired) electrons. The molecule has 3 aromatic rings. The normalized spacial score (nSPS) is 21.8. The number of nitrogens with zero attached hydrogens (tertiary/aromatic N) is 3. The molecule has 0 amide bonds. The van der Waals surface area contributed by atoms with Gasteiger partial charge in [0, 0.05) is 48.7 Å². The Kier molecular flexibility index (Phi) is 5.16. The van der Waals surface area contributed by atoms with E-state index in [0.29, 0.717) is 16.8 Å². The summed E-state index contributed by atoms with van der Waals surface area (Å²) in [4.78, 5) is 22.9. The molecule has 3 aliphatic rings. The first-order valence-corrected chi connectivity index (χ1v) is 11.8. The number of aliphatic imine (C=N–C) groups is 1. The van der Waals surface area contributed by atoms with E-state index in [0.717, 1.165) is 61.0 Å². The van der Waals surface area contributed by atoms with Gasteiger partial charge in [-0.3, -0.25) is 9.69 Å². The maximum atomic E-state index is 13.1. The van der Waals surface area contributed by atoms with Crippen LogP contribution in [-0.2, 0) is 0 Å². The Bertz CT molecular complexity index is 1240. The highest BCUT2D eigenvalue weighted by atomic mass is 35.5. The van der Waals surface area contributed by atoms with Crippen LogP contribution in [0, 0.1) is 5.92 Å². The zero-order chi connectivity index (χ0) is 22.4. The van der Waals surface area contributed by atoms with Crippen molar-refractivity contribution in [1.82, 2.24) is 9.80 Å². The number of para-hydroxylation sites is 1. The number of hydrogen-bond acceptors (Lipinski definition) is 5. The summed E-state index contributed by atoms with van der Waals surface area (Å²) in [5, 5.41) is 0.634. The number of ketones is 1. The van der Waals surface area contributed by atoms with Crippen LogP contribution in [0.2, 0.25) is 5.02 Å². The Morgan fingerprint density at radius 2 is 1.76 bits per heavy atom. The monoisotopic (exact) mass is 457 g/mol. The van der Waals surface area contributed by atoms with Crippen molar-refractivity contribution in [2.24, 2.45) is 10.9 Å². The molecule has 0 aromatic heterocycles. The Morgan fingerprint density at radius 1 is 0.939 bits per heavy atom. The predicted octanol–water partition coefficient (Wildman–Crippen LogP) is 5.41. The van der Waals surface area contributed by atoms with Crippen LogP contribution in [-0.4, -0.2) is 53.6 Å². The second kappa shape index (κ2) is 8.32. The Hall–Kier alpha value is -3.15. The molecule has 3 aromatic carbocycles. The molecular weight excluding hydrogens is 434 g/mol. The van der Waals surface area contributed by atoms with Crippen LogP contribution in [0.1, 0.15) is 22.3 Å². The Labute approximate surface area is 198 Å². The lowest BCUT2D eigenvalue weighted by atomic mass is 9.95. The topological polar surface area (TPSA) is 45.1 Å². The van der Waals surface area contributed by atoms with Gasteiger partial charge in [0.15, 0.2) is 11.5 Å². The molecule has 6 heteroatoms. The molecule has 5 nitrogen and oxygen atoms in total. The van der Waals surface area contributed by atoms with Gasteiger partial charge in [0.05, 0.1) is 5.56 Å².